The summed E-state index contributed by atoms with van der Waals surface area (Å²) in [6.07, 6.45) is -3.41. The lowest BCUT2D eigenvalue weighted by Crippen LogP contribution is -2.49. The van der Waals surface area contributed by atoms with Crippen molar-refractivity contribution in [3.63, 3.8) is 0 Å². The molecule has 1 aromatic heterocycles. The zero-order valence-electron chi connectivity index (χ0n) is 15.9. The van der Waals surface area contributed by atoms with E-state index in [4.69, 9.17) is 29.9 Å². The molecule has 14 heteroatoms. The van der Waals surface area contributed by atoms with Crippen LogP contribution in [0.5, 0.6) is 5.75 Å². The summed E-state index contributed by atoms with van der Waals surface area (Å²) in [6, 6.07) is 6.54. The maximum absolute atomic E-state index is 15.5. The average Bonchev–Trinajstić information content (AvgIpc) is 2.90. The standard InChI is InChI=1S/C17H17ClFN2O9P/c1-16(21-6-10(18)14(24)20-15(21)25)12(22)13(23)17(19,30-16)8-28-31(26)27-7-9-4-2-3-5-11(9)29-31/h2-6,12-13,22-23H,7-8H2,1H3,(H,20,24,25)/t12-,13+,16-,17-,31?/m1/s1. The number of nitrogens with one attached hydrogen (secondary N) is 1. The van der Waals surface area contributed by atoms with E-state index >= 15 is 4.39 Å². The van der Waals surface area contributed by atoms with Gasteiger partial charge >= 0.3 is 13.5 Å². The van der Waals surface area contributed by atoms with E-state index in [-0.39, 0.29) is 12.4 Å². The van der Waals surface area contributed by atoms with Crippen molar-refractivity contribution < 1.29 is 37.5 Å². The molecule has 1 unspecified atom stereocenters. The van der Waals surface area contributed by atoms with Crippen LogP contribution in [0.3, 0.4) is 0 Å². The zero-order valence-corrected chi connectivity index (χ0v) is 17.5. The van der Waals surface area contributed by atoms with Gasteiger partial charge in [0.25, 0.3) is 11.4 Å². The molecule has 4 rings (SSSR count). The average molecular weight is 479 g/mol. The normalized spacial score (nSPS) is 34.9. The highest BCUT2D eigenvalue weighted by molar-refractivity contribution is 7.49. The number of H-pyrrole nitrogens is 1. The van der Waals surface area contributed by atoms with Crippen LogP contribution in [0.15, 0.2) is 40.1 Å². The van der Waals surface area contributed by atoms with E-state index in [1.807, 2.05) is 4.98 Å². The fourth-order valence-corrected chi connectivity index (χ4v) is 4.69. The molecule has 0 spiro atoms. The first kappa shape index (κ1) is 22.2. The van der Waals surface area contributed by atoms with Gasteiger partial charge in [0.05, 0.1) is 6.61 Å². The SMILES string of the molecule is C[C@@]1(n2cc(Cl)c(=O)[nH]c2=O)O[C@](F)(COP2(=O)OCc3ccccc3O2)[C@@H](O)[C@H]1O. The molecular weight excluding hydrogens is 462 g/mol. The largest absolute Gasteiger partial charge is 0.530 e. The van der Waals surface area contributed by atoms with E-state index in [0.717, 1.165) is 13.1 Å². The number of ether oxygens (including phenoxy) is 1. The van der Waals surface area contributed by atoms with E-state index in [1.54, 1.807) is 18.2 Å². The summed E-state index contributed by atoms with van der Waals surface area (Å²) in [5.41, 5.74) is -3.57. The molecule has 0 bridgehead atoms. The summed E-state index contributed by atoms with van der Waals surface area (Å²) in [6.45, 7) is -0.210. The Balaban J connectivity index is 1.57. The highest BCUT2D eigenvalue weighted by Gasteiger charge is 2.63. The highest BCUT2D eigenvalue weighted by atomic mass is 35.5. The van der Waals surface area contributed by atoms with Crippen molar-refractivity contribution in [2.45, 2.75) is 37.3 Å². The van der Waals surface area contributed by atoms with Crippen LogP contribution in [0.4, 0.5) is 4.39 Å². The number of phosphoric ester groups is 1. The molecule has 0 saturated carbocycles. The first-order valence-electron chi connectivity index (χ1n) is 8.91. The van der Waals surface area contributed by atoms with Crippen LogP contribution in [0, 0.1) is 0 Å². The number of rotatable bonds is 4. The number of alkyl halides is 1. The third-order valence-corrected chi connectivity index (χ3v) is 6.60. The van der Waals surface area contributed by atoms with Gasteiger partial charge in [-0.15, -0.1) is 0 Å². The van der Waals surface area contributed by atoms with Crippen LogP contribution >= 0.6 is 19.4 Å². The number of halogens is 2. The van der Waals surface area contributed by atoms with Crippen LogP contribution in [-0.4, -0.2) is 44.4 Å². The van der Waals surface area contributed by atoms with Crippen LogP contribution in [0.1, 0.15) is 12.5 Å². The number of para-hydroxylation sites is 1. The number of phosphoric acid groups is 1. The van der Waals surface area contributed by atoms with Gasteiger partial charge in [0.2, 0.25) is 0 Å². The predicted octanol–water partition coefficient (Wildman–Crippen LogP) is 1.01. The number of fused-ring (bicyclic) bond motifs is 1. The maximum atomic E-state index is 15.5. The highest BCUT2D eigenvalue weighted by Crippen LogP contribution is 2.56. The van der Waals surface area contributed by atoms with Gasteiger partial charge in [-0.2, -0.15) is 0 Å². The summed E-state index contributed by atoms with van der Waals surface area (Å²) in [5, 5.41) is 20.3. The first-order valence-corrected chi connectivity index (χ1v) is 10.8. The number of aromatic nitrogens is 2. The Kier molecular flexibility index (Phi) is 5.38. The summed E-state index contributed by atoms with van der Waals surface area (Å²) in [4.78, 5) is 25.5. The molecule has 0 radical (unpaired) electrons. The molecule has 1 fully saturated rings. The third-order valence-electron chi connectivity index (χ3n) is 5.02. The van der Waals surface area contributed by atoms with E-state index in [0.29, 0.717) is 10.1 Å². The van der Waals surface area contributed by atoms with E-state index < -0.39 is 54.5 Å². The molecule has 1 aromatic carbocycles. The first-order chi connectivity index (χ1) is 14.5. The minimum absolute atomic E-state index is 0.123. The number of aliphatic hydroxyl groups is 2. The van der Waals surface area contributed by atoms with Gasteiger partial charge in [0, 0.05) is 11.8 Å². The number of nitrogens with zero attached hydrogens (tertiary/aromatic N) is 1. The fourth-order valence-electron chi connectivity index (χ4n) is 3.32. The molecule has 11 nitrogen and oxygen atoms in total. The van der Waals surface area contributed by atoms with Crippen molar-refractivity contribution in [1.82, 2.24) is 9.55 Å². The van der Waals surface area contributed by atoms with Crippen LogP contribution in [0.2, 0.25) is 5.02 Å². The van der Waals surface area contributed by atoms with Crippen LogP contribution in [0.25, 0.3) is 0 Å². The number of hydrogen-bond acceptors (Lipinski definition) is 9. The molecule has 3 N–H and O–H groups in total. The summed E-state index contributed by atoms with van der Waals surface area (Å²) >= 11 is 5.71. The second-order valence-electron chi connectivity index (χ2n) is 7.13. The molecule has 5 atom stereocenters. The lowest BCUT2D eigenvalue weighted by Gasteiger charge is -2.31. The monoisotopic (exact) mass is 478 g/mol. The Hall–Kier alpha value is -2.05. The fraction of sp³-hybridized carbons (Fsp3) is 0.412. The molecule has 2 aliphatic heterocycles. The zero-order chi connectivity index (χ0) is 22.6. The second-order valence-corrected chi connectivity index (χ2v) is 9.13. The van der Waals surface area contributed by atoms with E-state index in [1.165, 1.54) is 6.07 Å². The summed E-state index contributed by atoms with van der Waals surface area (Å²) in [7, 11) is -4.27. The van der Waals surface area contributed by atoms with Crippen molar-refractivity contribution in [2.24, 2.45) is 0 Å². The number of aliphatic hydroxyl groups excluding tert-OH is 2. The van der Waals surface area contributed by atoms with Gasteiger partial charge in [-0.3, -0.25) is 23.4 Å². The molecule has 2 aromatic rings. The third kappa shape index (κ3) is 3.74. The molecule has 0 aliphatic carbocycles. The Morgan fingerprint density at radius 1 is 1.35 bits per heavy atom. The molecule has 0 amide bonds. The molecule has 2 aliphatic rings. The molecule has 3 heterocycles. The number of benzene rings is 1. The van der Waals surface area contributed by atoms with Gasteiger partial charge in [0.1, 0.15) is 29.6 Å². The Labute approximate surface area is 178 Å². The van der Waals surface area contributed by atoms with Crippen molar-refractivity contribution >= 4 is 19.4 Å². The van der Waals surface area contributed by atoms with E-state index in [9.17, 15) is 24.4 Å². The van der Waals surface area contributed by atoms with Gasteiger partial charge in [-0.05, 0) is 13.0 Å². The van der Waals surface area contributed by atoms with E-state index in [2.05, 4.69) is 0 Å². The van der Waals surface area contributed by atoms with Crippen LogP contribution in [-0.2, 0) is 30.7 Å². The number of hydrogen-bond donors (Lipinski definition) is 3. The van der Waals surface area contributed by atoms with Crippen molar-refractivity contribution in [3.8, 4) is 5.75 Å². The quantitative estimate of drug-likeness (QED) is 0.547. The second kappa shape index (κ2) is 7.52. The van der Waals surface area contributed by atoms with Crippen molar-refractivity contribution in [3.05, 3.63) is 61.9 Å². The van der Waals surface area contributed by atoms with Gasteiger partial charge in [0.15, 0.2) is 5.72 Å². The molecule has 31 heavy (non-hydrogen) atoms. The summed E-state index contributed by atoms with van der Waals surface area (Å²) < 4.78 is 49.3. The molecular formula is C17H17ClFN2O9P. The van der Waals surface area contributed by atoms with Gasteiger partial charge < -0.3 is 19.5 Å². The summed E-state index contributed by atoms with van der Waals surface area (Å²) in [5.74, 6) is -2.91. The van der Waals surface area contributed by atoms with Gasteiger partial charge in [-0.25, -0.2) is 13.8 Å². The molecule has 1 saturated heterocycles. The smallest absolute Gasteiger partial charge is 0.404 e. The minimum atomic E-state index is -4.27. The lowest BCUT2D eigenvalue weighted by atomic mass is 10.0. The van der Waals surface area contributed by atoms with Crippen molar-refractivity contribution in [2.75, 3.05) is 6.61 Å². The molecule has 168 valence electrons. The number of aromatic amines is 1. The Morgan fingerprint density at radius 2 is 2.06 bits per heavy atom. The minimum Gasteiger partial charge on any atom is -0.404 e. The van der Waals surface area contributed by atoms with Crippen LogP contribution < -0.4 is 15.8 Å². The van der Waals surface area contributed by atoms with Gasteiger partial charge in [-0.1, -0.05) is 29.8 Å². The lowest BCUT2D eigenvalue weighted by molar-refractivity contribution is -0.238. The predicted molar refractivity (Wildman–Crippen MR) is 102 cm³/mol. The topological polar surface area (TPSA) is 149 Å². The Morgan fingerprint density at radius 3 is 2.81 bits per heavy atom. The maximum Gasteiger partial charge on any atom is 0.530 e. The Bertz CT molecular complexity index is 1190. The van der Waals surface area contributed by atoms with Crippen molar-refractivity contribution in [1.29, 1.82) is 0 Å².